The van der Waals surface area contributed by atoms with E-state index < -0.39 is 0 Å². The van der Waals surface area contributed by atoms with Gasteiger partial charge in [-0.2, -0.15) is 5.10 Å². The summed E-state index contributed by atoms with van der Waals surface area (Å²) < 4.78 is 3.82. The van der Waals surface area contributed by atoms with Crippen LogP contribution in [0.25, 0.3) is 0 Å². The first-order valence-electron chi connectivity index (χ1n) is 12.3. The fraction of sp³-hybridized carbons (Fsp3) is 0.542. The smallest absolute Gasteiger partial charge is 0.254 e. The molecule has 11 heteroatoms. The molecule has 10 nitrogen and oxygen atoms in total. The molecule has 3 aromatic rings. The highest BCUT2D eigenvalue weighted by Gasteiger charge is 2.32. The molecule has 1 atom stereocenters. The van der Waals surface area contributed by atoms with Gasteiger partial charge in [0.05, 0.1) is 11.3 Å². The van der Waals surface area contributed by atoms with Gasteiger partial charge in [-0.05, 0) is 56.9 Å². The molecule has 0 spiro atoms. The quantitative estimate of drug-likeness (QED) is 0.415. The van der Waals surface area contributed by atoms with Crippen molar-refractivity contribution in [3.63, 3.8) is 0 Å². The maximum Gasteiger partial charge on any atom is 0.254 e. The number of carbonyl (C=O) groups excluding carboxylic acids is 2. The zero-order chi connectivity index (χ0) is 24.5. The summed E-state index contributed by atoms with van der Waals surface area (Å²) in [6.07, 6.45) is 7.70. The second-order valence-electron chi connectivity index (χ2n) is 9.54. The number of anilines is 3. The number of hydrogen-bond donors (Lipinski definition) is 3. The summed E-state index contributed by atoms with van der Waals surface area (Å²) in [6.45, 7) is 4.62. The summed E-state index contributed by atoms with van der Waals surface area (Å²) in [5.74, 6) is 1.93. The fourth-order valence-corrected chi connectivity index (χ4v) is 5.89. The van der Waals surface area contributed by atoms with Crippen molar-refractivity contribution in [2.75, 3.05) is 17.2 Å². The molecule has 2 amide bonds. The number of amides is 2. The number of aromatic nitrogens is 5. The molecule has 35 heavy (non-hydrogen) atoms. The van der Waals surface area contributed by atoms with Gasteiger partial charge in [-0.1, -0.05) is 6.92 Å². The molecule has 0 bridgehead atoms. The highest BCUT2D eigenvalue weighted by Crippen LogP contribution is 2.42. The predicted molar refractivity (Wildman–Crippen MR) is 135 cm³/mol. The van der Waals surface area contributed by atoms with Crippen LogP contribution in [0.1, 0.15) is 71.6 Å². The Morgan fingerprint density at radius 1 is 1.26 bits per heavy atom. The molecule has 3 heterocycles. The molecule has 3 aromatic heterocycles. The summed E-state index contributed by atoms with van der Waals surface area (Å²) >= 11 is 1.54. The molecule has 2 aliphatic carbocycles. The van der Waals surface area contributed by atoms with Crippen molar-refractivity contribution in [2.24, 2.45) is 13.0 Å². The van der Waals surface area contributed by atoms with E-state index in [2.05, 4.69) is 31.2 Å². The highest BCUT2D eigenvalue weighted by molar-refractivity contribution is 7.17. The number of thiophene rings is 1. The van der Waals surface area contributed by atoms with Crippen LogP contribution in [0.5, 0.6) is 0 Å². The lowest BCUT2D eigenvalue weighted by molar-refractivity contribution is -0.116. The van der Waals surface area contributed by atoms with E-state index >= 15 is 0 Å². The average molecular weight is 497 g/mol. The largest absolute Gasteiger partial charge is 0.352 e. The van der Waals surface area contributed by atoms with Gasteiger partial charge >= 0.3 is 0 Å². The standard InChI is InChI=1S/C24H32N8O2S/c1-4-5-20(33)28-23-21(22(34)25-12-15-6-7-15)17-11-16(8-9-18(17)35-23)32-13-26-29-24(32)27-19-10-14(2)30-31(19)3/h10,13,15-16H,4-9,11-12H2,1-3H3,(H,25,34)(H,27,29)(H,28,33). The van der Waals surface area contributed by atoms with Crippen molar-refractivity contribution in [3.8, 4) is 0 Å². The van der Waals surface area contributed by atoms with Gasteiger partial charge in [-0.25, -0.2) is 0 Å². The van der Waals surface area contributed by atoms with E-state index in [1.54, 1.807) is 22.3 Å². The van der Waals surface area contributed by atoms with Gasteiger partial charge in [0.2, 0.25) is 11.9 Å². The van der Waals surface area contributed by atoms with Gasteiger partial charge in [0, 0.05) is 37.0 Å². The number of nitrogens with one attached hydrogen (secondary N) is 3. The minimum Gasteiger partial charge on any atom is -0.352 e. The third kappa shape index (κ3) is 5.09. The van der Waals surface area contributed by atoms with E-state index in [4.69, 9.17) is 0 Å². The van der Waals surface area contributed by atoms with E-state index in [9.17, 15) is 9.59 Å². The Bertz CT molecular complexity index is 1240. The zero-order valence-corrected chi connectivity index (χ0v) is 21.2. The minimum absolute atomic E-state index is 0.0457. The lowest BCUT2D eigenvalue weighted by Gasteiger charge is -2.25. The van der Waals surface area contributed by atoms with E-state index in [1.807, 2.05) is 31.5 Å². The van der Waals surface area contributed by atoms with Gasteiger partial charge in [0.15, 0.2) is 0 Å². The van der Waals surface area contributed by atoms with Crippen molar-refractivity contribution in [3.05, 3.63) is 34.1 Å². The molecule has 0 aromatic carbocycles. The van der Waals surface area contributed by atoms with Crippen molar-refractivity contribution < 1.29 is 9.59 Å². The topological polar surface area (TPSA) is 119 Å². The monoisotopic (exact) mass is 496 g/mol. The van der Waals surface area contributed by atoms with E-state index in [0.29, 0.717) is 41.8 Å². The number of aryl methyl sites for hydroxylation is 3. The van der Waals surface area contributed by atoms with Crippen LogP contribution in [-0.2, 0) is 24.7 Å². The number of carbonyl (C=O) groups is 2. The first-order chi connectivity index (χ1) is 16.9. The first-order valence-corrected chi connectivity index (χ1v) is 13.1. The van der Waals surface area contributed by atoms with E-state index in [0.717, 1.165) is 36.3 Å². The summed E-state index contributed by atoms with van der Waals surface area (Å²) in [7, 11) is 1.88. The summed E-state index contributed by atoms with van der Waals surface area (Å²) in [4.78, 5) is 26.9. The van der Waals surface area contributed by atoms with Gasteiger partial charge in [-0.3, -0.25) is 18.8 Å². The zero-order valence-electron chi connectivity index (χ0n) is 20.4. The van der Waals surface area contributed by atoms with E-state index in [1.165, 1.54) is 17.7 Å². The second-order valence-corrected chi connectivity index (χ2v) is 10.6. The lowest BCUT2D eigenvalue weighted by Crippen LogP contribution is -2.28. The molecule has 2 aliphatic rings. The number of fused-ring (bicyclic) bond motifs is 1. The minimum atomic E-state index is -0.0886. The SMILES string of the molecule is CCCC(=O)Nc1sc2c(c1C(=O)NCC1CC1)CC(n1cnnc1Nc1cc(C)nn1C)CC2. The Morgan fingerprint density at radius 2 is 2.09 bits per heavy atom. The molecular formula is C24H32N8O2S. The highest BCUT2D eigenvalue weighted by atomic mass is 32.1. The molecule has 1 fully saturated rings. The van der Waals surface area contributed by atoms with Crippen LogP contribution in [0.15, 0.2) is 12.4 Å². The Labute approximate surface area is 208 Å². The normalized spacial score (nSPS) is 17.2. The molecule has 3 N–H and O–H groups in total. The third-order valence-electron chi connectivity index (χ3n) is 6.65. The Kier molecular flexibility index (Phi) is 6.59. The Balaban J connectivity index is 1.41. The maximum atomic E-state index is 13.3. The molecule has 0 radical (unpaired) electrons. The Hall–Kier alpha value is -3.21. The van der Waals surface area contributed by atoms with Crippen LogP contribution >= 0.6 is 11.3 Å². The van der Waals surface area contributed by atoms with Gasteiger partial charge in [-0.15, -0.1) is 21.5 Å². The average Bonchev–Trinajstić information content (AvgIpc) is 3.28. The van der Waals surface area contributed by atoms with Crippen molar-refractivity contribution >= 4 is 39.9 Å². The predicted octanol–water partition coefficient (Wildman–Crippen LogP) is 3.73. The van der Waals surface area contributed by atoms with Crippen molar-refractivity contribution in [1.29, 1.82) is 0 Å². The molecule has 1 unspecified atom stereocenters. The summed E-state index contributed by atoms with van der Waals surface area (Å²) in [5, 5.41) is 23.0. The van der Waals surface area contributed by atoms with Crippen LogP contribution in [0.2, 0.25) is 0 Å². The van der Waals surface area contributed by atoms with Crippen molar-refractivity contribution in [2.45, 2.75) is 64.8 Å². The van der Waals surface area contributed by atoms with Crippen LogP contribution in [0, 0.1) is 12.8 Å². The van der Waals surface area contributed by atoms with Crippen molar-refractivity contribution in [1.82, 2.24) is 29.9 Å². The molecule has 0 aliphatic heterocycles. The fourth-order valence-electron chi connectivity index (χ4n) is 4.64. The molecule has 5 rings (SSSR count). The first kappa shape index (κ1) is 23.5. The Morgan fingerprint density at radius 3 is 2.80 bits per heavy atom. The van der Waals surface area contributed by atoms with E-state index in [-0.39, 0.29) is 17.9 Å². The molecular weight excluding hydrogens is 464 g/mol. The molecule has 1 saturated carbocycles. The van der Waals surface area contributed by atoms with Gasteiger partial charge < -0.3 is 16.0 Å². The van der Waals surface area contributed by atoms with Gasteiger partial charge in [0.1, 0.15) is 17.1 Å². The van der Waals surface area contributed by atoms with Crippen LogP contribution in [-0.4, -0.2) is 42.9 Å². The van der Waals surface area contributed by atoms with Crippen LogP contribution < -0.4 is 16.0 Å². The number of hydrogen-bond acceptors (Lipinski definition) is 7. The lowest BCUT2D eigenvalue weighted by atomic mass is 9.91. The number of rotatable bonds is 9. The van der Waals surface area contributed by atoms with Gasteiger partial charge in [0.25, 0.3) is 5.91 Å². The number of nitrogens with zero attached hydrogens (tertiary/aromatic N) is 5. The molecule has 186 valence electrons. The van der Waals surface area contributed by atoms with Crippen LogP contribution in [0.3, 0.4) is 0 Å². The van der Waals surface area contributed by atoms with Crippen LogP contribution in [0.4, 0.5) is 16.8 Å². The maximum absolute atomic E-state index is 13.3. The third-order valence-corrected chi connectivity index (χ3v) is 7.86. The molecule has 0 saturated heterocycles. The second kappa shape index (κ2) is 9.80. The summed E-state index contributed by atoms with van der Waals surface area (Å²) in [5.41, 5.74) is 2.58. The summed E-state index contributed by atoms with van der Waals surface area (Å²) in [6, 6.07) is 2.06.